The molecule has 0 fully saturated rings. The van der Waals surface area contributed by atoms with Gasteiger partial charge in [-0.3, -0.25) is 9.59 Å². The second-order valence-electron chi connectivity index (χ2n) is 20.7. The third kappa shape index (κ3) is 61.1. The summed E-state index contributed by atoms with van der Waals surface area (Å²) < 4.78 is 10.7. The number of allylic oxidation sites excluding steroid dienone is 18. The lowest BCUT2D eigenvalue weighted by Gasteiger charge is -2.15. The molecule has 1 unspecified atom stereocenters. The summed E-state index contributed by atoms with van der Waals surface area (Å²) >= 11 is 0. The molecule has 0 heterocycles. The van der Waals surface area contributed by atoms with Crippen LogP contribution in [-0.4, -0.2) is 36.4 Å². The maximum Gasteiger partial charge on any atom is 0.306 e. The second-order valence-corrected chi connectivity index (χ2v) is 20.7. The van der Waals surface area contributed by atoms with Crippen LogP contribution in [0.3, 0.4) is 0 Å². The van der Waals surface area contributed by atoms with Gasteiger partial charge in [-0.2, -0.15) is 0 Å². The maximum absolute atomic E-state index is 12.3. The Balaban J connectivity index is 3.42. The average molecular weight is 1030 g/mol. The molecule has 0 bridgehead atoms. The summed E-state index contributed by atoms with van der Waals surface area (Å²) in [5, 5.41) is 9.65. The van der Waals surface area contributed by atoms with Crippen LogP contribution >= 0.6 is 0 Å². The lowest BCUT2D eigenvalue weighted by Crippen LogP contribution is -2.28. The molecule has 74 heavy (non-hydrogen) atoms. The molecule has 0 aliphatic carbocycles. The zero-order valence-electron chi connectivity index (χ0n) is 48.6. The van der Waals surface area contributed by atoms with Crippen molar-refractivity contribution in [2.24, 2.45) is 0 Å². The van der Waals surface area contributed by atoms with Crippen LogP contribution in [0, 0.1) is 0 Å². The molecule has 0 aromatic heterocycles. The number of carbonyl (C=O) groups is 2. The summed E-state index contributed by atoms with van der Waals surface area (Å²) in [6.07, 6.45) is 92.5. The summed E-state index contributed by atoms with van der Waals surface area (Å²) in [5.41, 5.74) is 0. The van der Waals surface area contributed by atoms with Gasteiger partial charge in [-0.05, 0) is 96.3 Å². The van der Waals surface area contributed by atoms with Crippen LogP contribution in [0.4, 0.5) is 0 Å². The highest BCUT2D eigenvalue weighted by Crippen LogP contribution is 2.17. The van der Waals surface area contributed by atoms with Crippen molar-refractivity contribution in [3.05, 3.63) is 109 Å². The standard InChI is InChI=1S/C69H118O5/c1-3-5-7-9-11-13-15-17-19-21-23-24-25-26-27-28-29-30-31-32-33-34-35-36-37-38-39-40-41-42-43-44-46-47-49-51-53-55-57-59-61-63-68(71)73-66-67(65-70)74-69(72)64-62-60-58-56-54-52-50-48-45-22-20-18-16-14-12-10-8-6-4-2/h5-8,11-14,17-20,23-24,45,48,52,54,67,70H,3-4,9-10,15-16,21-22,25-44,46-47,49-51,53,55-66H2,1-2H3/b7-5-,8-6-,13-11-,14-12-,19-17-,20-18-,24-23-,48-45-,54-52-. The third-order valence-electron chi connectivity index (χ3n) is 13.6. The Kier molecular flexibility index (Phi) is 60.9. The minimum atomic E-state index is -0.794. The molecule has 1 atom stereocenters. The third-order valence-corrected chi connectivity index (χ3v) is 13.6. The molecular weight excluding hydrogens is 909 g/mol. The molecule has 0 aromatic rings. The zero-order chi connectivity index (χ0) is 53.4. The number of carbonyl (C=O) groups excluding carboxylic acids is 2. The van der Waals surface area contributed by atoms with Gasteiger partial charge >= 0.3 is 11.9 Å². The zero-order valence-corrected chi connectivity index (χ0v) is 48.6. The van der Waals surface area contributed by atoms with Crippen molar-refractivity contribution in [1.82, 2.24) is 0 Å². The van der Waals surface area contributed by atoms with Crippen LogP contribution < -0.4 is 0 Å². The molecule has 0 aliphatic heterocycles. The quantitative estimate of drug-likeness (QED) is 0.0373. The van der Waals surface area contributed by atoms with E-state index >= 15 is 0 Å². The van der Waals surface area contributed by atoms with Gasteiger partial charge in [0.25, 0.3) is 0 Å². The van der Waals surface area contributed by atoms with E-state index < -0.39 is 6.10 Å². The Morgan fingerprint density at radius 1 is 0.311 bits per heavy atom. The molecule has 0 spiro atoms. The van der Waals surface area contributed by atoms with Gasteiger partial charge in [0.15, 0.2) is 6.10 Å². The van der Waals surface area contributed by atoms with Crippen LogP contribution in [-0.2, 0) is 19.1 Å². The topological polar surface area (TPSA) is 72.8 Å². The van der Waals surface area contributed by atoms with Crippen LogP contribution in [0.25, 0.3) is 0 Å². The highest BCUT2D eigenvalue weighted by Gasteiger charge is 2.16. The summed E-state index contributed by atoms with van der Waals surface area (Å²) in [5.74, 6) is -0.622. The minimum Gasteiger partial charge on any atom is -0.462 e. The van der Waals surface area contributed by atoms with Crippen LogP contribution in [0.2, 0.25) is 0 Å². The van der Waals surface area contributed by atoms with E-state index in [1.54, 1.807) is 0 Å². The van der Waals surface area contributed by atoms with E-state index in [4.69, 9.17) is 9.47 Å². The number of unbranched alkanes of at least 4 members (excludes halogenated alkanes) is 31. The smallest absolute Gasteiger partial charge is 0.306 e. The van der Waals surface area contributed by atoms with Gasteiger partial charge in [0.2, 0.25) is 0 Å². The fourth-order valence-electron chi connectivity index (χ4n) is 8.93. The number of aliphatic hydroxyl groups excluding tert-OH is 1. The summed E-state index contributed by atoms with van der Waals surface area (Å²) in [7, 11) is 0. The minimum absolute atomic E-state index is 0.0812. The van der Waals surface area contributed by atoms with Crippen LogP contribution in [0.1, 0.15) is 296 Å². The SMILES string of the molecule is CC/C=C\C/C=C\C/C=C\C/C=C\C/C=C\CCCCCC(=O)OC(CO)COC(=O)CCCCCCCCCCCCCCCCCCCCCCCCCCCCCC/C=C\C/C=C\C/C=C\C/C=C\CC. The van der Waals surface area contributed by atoms with E-state index in [9.17, 15) is 14.7 Å². The number of aliphatic hydroxyl groups is 1. The van der Waals surface area contributed by atoms with Crippen molar-refractivity contribution in [1.29, 1.82) is 0 Å². The van der Waals surface area contributed by atoms with Gasteiger partial charge in [-0.25, -0.2) is 0 Å². The molecule has 1 N–H and O–H groups in total. The summed E-state index contributed by atoms with van der Waals surface area (Å²) in [6, 6.07) is 0. The molecule has 5 heteroatoms. The molecule has 0 saturated heterocycles. The van der Waals surface area contributed by atoms with Gasteiger partial charge < -0.3 is 14.6 Å². The predicted octanol–water partition coefficient (Wildman–Crippen LogP) is 21.6. The van der Waals surface area contributed by atoms with Crippen molar-refractivity contribution in [3.8, 4) is 0 Å². The first kappa shape index (κ1) is 70.6. The first-order valence-corrected chi connectivity index (χ1v) is 31.4. The monoisotopic (exact) mass is 1030 g/mol. The number of rotatable bonds is 57. The molecule has 0 amide bonds. The highest BCUT2D eigenvalue weighted by atomic mass is 16.6. The normalized spacial score (nSPS) is 13.0. The molecule has 0 rings (SSSR count). The molecule has 0 radical (unpaired) electrons. The highest BCUT2D eigenvalue weighted by molar-refractivity contribution is 5.70. The Labute approximate surface area is 459 Å². The lowest BCUT2D eigenvalue weighted by molar-refractivity contribution is -0.161. The lowest BCUT2D eigenvalue weighted by atomic mass is 10.0. The Morgan fingerprint density at radius 2 is 0.541 bits per heavy atom. The second kappa shape index (κ2) is 63.8. The van der Waals surface area contributed by atoms with Gasteiger partial charge in [0.05, 0.1) is 6.61 Å². The Morgan fingerprint density at radius 3 is 0.824 bits per heavy atom. The molecule has 0 aliphatic rings. The van der Waals surface area contributed by atoms with E-state index in [1.807, 2.05) is 0 Å². The van der Waals surface area contributed by atoms with Crippen molar-refractivity contribution in [3.63, 3.8) is 0 Å². The fraction of sp³-hybridized carbons (Fsp3) is 0.710. The fourth-order valence-corrected chi connectivity index (χ4v) is 8.93. The van der Waals surface area contributed by atoms with E-state index in [2.05, 4.69) is 123 Å². The maximum atomic E-state index is 12.3. The van der Waals surface area contributed by atoms with E-state index in [0.29, 0.717) is 12.8 Å². The summed E-state index contributed by atoms with van der Waals surface area (Å²) in [4.78, 5) is 24.5. The van der Waals surface area contributed by atoms with Crippen molar-refractivity contribution in [2.45, 2.75) is 302 Å². The van der Waals surface area contributed by atoms with Crippen molar-refractivity contribution < 1.29 is 24.2 Å². The van der Waals surface area contributed by atoms with E-state index in [0.717, 1.165) is 103 Å². The molecule has 0 aromatic carbocycles. The van der Waals surface area contributed by atoms with Crippen molar-refractivity contribution in [2.75, 3.05) is 13.2 Å². The van der Waals surface area contributed by atoms with E-state index in [1.165, 1.54) is 167 Å². The van der Waals surface area contributed by atoms with Gasteiger partial charge in [0.1, 0.15) is 6.61 Å². The van der Waals surface area contributed by atoms with Crippen LogP contribution in [0.5, 0.6) is 0 Å². The van der Waals surface area contributed by atoms with Gasteiger partial charge in [-0.15, -0.1) is 0 Å². The number of ether oxygens (including phenoxy) is 2. The Bertz CT molecular complexity index is 1440. The Hall–Kier alpha value is -3.44. The molecule has 424 valence electrons. The number of hydrogen-bond donors (Lipinski definition) is 1. The first-order valence-electron chi connectivity index (χ1n) is 31.4. The van der Waals surface area contributed by atoms with Crippen molar-refractivity contribution >= 4 is 11.9 Å². The van der Waals surface area contributed by atoms with Crippen LogP contribution in [0.15, 0.2) is 109 Å². The summed E-state index contributed by atoms with van der Waals surface area (Å²) in [6.45, 7) is 3.90. The molecular formula is C69H118O5. The van der Waals surface area contributed by atoms with Gasteiger partial charge in [-0.1, -0.05) is 297 Å². The number of esters is 2. The predicted molar refractivity (Wildman–Crippen MR) is 325 cm³/mol. The average Bonchev–Trinajstić information content (AvgIpc) is 3.40. The van der Waals surface area contributed by atoms with E-state index in [-0.39, 0.29) is 25.2 Å². The molecule has 0 saturated carbocycles. The molecule has 5 nitrogen and oxygen atoms in total. The largest absolute Gasteiger partial charge is 0.462 e. The van der Waals surface area contributed by atoms with Gasteiger partial charge in [0, 0.05) is 12.8 Å². The first-order chi connectivity index (χ1) is 36.6. The number of hydrogen-bond acceptors (Lipinski definition) is 5.